The minimum absolute atomic E-state index is 0.0498. The number of alkyl halides is 3. The molecule has 1 saturated carbocycles. The molecule has 0 bridgehead atoms. The van der Waals surface area contributed by atoms with E-state index in [0.717, 1.165) is 18.4 Å². The maximum atomic E-state index is 12.5. The molecule has 9 heteroatoms. The van der Waals surface area contributed by atoms with Gasteiger partial charge in [0.25, 0.3) is 0 Å². The van der Waals surface area contributed by atoms with Crippen molar-refractivity contribution in [2.24, 2.45) is 4.99 Å². The molecular formula is C20H30F3N5O. The van der Waals surface area contributed by atoms with Crippen LogP contribution in [0.5, 0.6) is 5.88 Å². The highest BCUT2D eigenvalue weighted by Crippen LogP contribution is 2.23. The van der Waals surface area contributed by atoms with E-state index in [0.29, 0.717) is 37.9 Å². The molecule has 0 spiro atoms. The Bertz CT molecular complexity index is 676. The molecule has 0 radical (unpaired) electrons. The Balaban J connectivity index is 1.45. The molecule has 0 aromatic carbocycles. The number of likely N-dealkylation sites (tertiary alicyclic amines) is 1. The highest BCUT2D eigenvalue weighted by atomic mass is 19.4. The minimum atomic E-state index is -4.16. The normalized spacial score (nSPS) is 21.9. The second-order valence-electron chi connectivity index (χ2n) is 7.79. The lowest BCUT2D eigenvalue weighted by molar-refractivity contribution is -0.143. The molecular weight excluding hydrogens is 383 g/mol. The van der Waals surface area contributed by atoms with Gasteiger partial charge in [-0.3, -0.25) is 9.89 Å². The average molecular weight is 413 g/mol. The number of halogens is 3. The van der Waals surface area contributed by atoms with Crippen LogP contribution in [0.15, 0.2) is 23.3 Å². The highest BCUT2D eigenvalue weighted by molar-refractivity contribution is 5.80. The van der Waals surface area contributed by atoms with E-state index in [9.17, 15) is 13.2 Å². The van der Waals surface area contributed by atoms with Gasteiger partial charge in [-0.25, -0.2) is 4.98 Å². The van der Waals surface area contributed by atoms with Crippen molar-refractivity contribution in [2.75, 3.05) is 26.7 Å². The van der Waals surface area contributed by atoms with Crippen molar-refractivity contribution < 1.29 is 17.9 Å². The lowest BCUT2D eigenvalue weighted by atomic mass is 9.98. The molecule has 0 amide bonds. The van der Waals surface area contributed by atoms with Gasteiger partial charge in [-0.2, -0.15) is 13.2 Å². The molecule has 2 N–H and O–H groups in total. The minimum Gasteiger partial charge on any atom is -0.474 e. The molecule has 6 nitrogen and oxygen atoms in total. The third-order valence-electron chi connectivity index (χ3n) is 5.34. The maximum absolute atomic E-state index is 12.5. The maximum Gasteiger partial charge on any atom is 0.401 e. The number of nitrogens with one attached hydrogen (secondary N) is 2. The summed E-state index contributed by atoms with van der Waals surface area (Å²) in [5, 5.41) is 6.44. The second-order valence-corrected chi connectivity index (χ2v) is 7.79. The van der Waals surface area contributed by atoms with Crippen LogP contribution in [0, 0.1) is 0 Å². The summed E-state index contributed by atoms with van der Waals surface area (Å²) in [6.07, 6.45) is 4.32. The van der Waals surface area contributed by atoms with E-state index < -0.39 is 12.7 Å². The number of guanidine groups is 1. The lowest BCUT2D eigenvalue weighted by Gasteiger charge is -2.22. The third-order valence-corrected chi connectivity index (χ3v) is 5.34. The van der Waals surface area contributed by atoms with Gasteiger partial charge in [-0.1, -0.05) is 6.42 Å². The number of rotatable bonds is 6. The van der Waals surface area contributed by atoms with Crippen LogP contribution in [0.1, 0.15) is 44.1 Å². The number of ether oxygens (including phenoxy) is 1. The summed E-state index contributed by atoms with van der Waals surface area (Å²) >= 11 is 0. The van der Waals surface area contributed by atoms with Crippen LogP contribution in [0.25, 0.3) is 0 Å². The van der Waals surface area contributed by atoms with E-state index in [2.05, 4.69) is 20.6 Å². The zero-order valence-corrected chi connectivity index (χ0v) is 16.8. The van der Waals surface area contributed by atoms with Crippen molar-refractivity contribution in [3.63, 3.8) is 0 Å². The summed E-state index contributed by atoms with van der Waals surface area (Å²) in [7, 11) is 1.65. The third kappa shape index (κ3) is 7.38. The first-order valence-electron chi connectivity index (χ1n) is 10.3. The molecule has 3 rings (SSSR count). The van der Waals surface area contributed by atoms with E-state index in [4.69, 9.17) is 4.74 Å². The number of hydrogen-bond acceptors (Lipinski definition) is 4. The van der Waals surface area contributed by atoms with Crippen molar-refractivity contribution in [1.82, 2.24) is 20.5 Å². The Kier molecular flexibility index (Phi) is 7.57. The number of aromatic nitrogens is 1. The largest absolute Gasteiger partial charge is 0.474 e. The fourth-order valence-corrected chi connectivity index (χ4v) is 3.90. The fourth-order valence-electron chi connectivity index (χ4n) is 3.90. The summed E-state index contributed by atoms with van der Waals surface area (Å²) in [6, 6.07) is 3.79. The summed E-state index contributed by atoms with van der Waals surface area (Å²) < 4.78 is 43.6. The first-order chi connectivity index (χ1) is 13.9. The van der Waals surface area contributed by atoms with Crippen LogP contribution >= 0.6 is 0 Å². The SMILES string of the molecule is CN=C(NCc1ccnc(OC2CCCCC2)c1)NC1CCN(CC(F)(F)F)C1. The first kappa shape index (κ1) is 21.7. The molecule has 2 fully saturated rings. The topological polar surface area (TPSA) is 61.8 Å². The molecule has 2 heterocycles. The van der Waals surface area contributed by atoms with Crippen LogP contribution in [0.2, 0.25) is 0 Å². The van der Waals surface area contributed by atoms with Crippen molar-refractivity contribution >= 4 is 5.96 Å². The van der Waals surface area contributed by atoms with Crippen molar-refractivity contribution in [3.8, 4) is 5.88 Å². The lowest BCUT2D eigenvalue weighted by Crippen LogP contribution is -2.44. The van der Waals surface area contributed by atoms with E-state index in [1.165, 1.54) is 24.2 Å². The van der Waals surface area contributed by atoms with Gasteiger partial charge in [0.05, 0.1) is 6.54 Å². The second kappa shape index (κ2) is 10.1. The van der Waals surface area contributed by atoms with Crippen molar-refractivity contribution in [1.29, 1.82) is 0 Å². The molecule has 1 aliphatic carbocycles. The molecule has 1 atom stereocenters. The number of nitrogens with zero attached hydrogens (tertiary/aromatic N) is 3. The van der Waals surface area contributed by atoms with Crippen LogP contribution in [0.4, 0.5) is 13.2 Å². The number of aliphatic imine (C=N–C) groups is 1. The highest BCUT2D eigenvalue weighted by Gasteiger charge is 2.34. The molecule has 2 aliphatic rings. The molecule has 162 valence electrons. The van der Waals surface area contributed by atoms with Gasteiger partial charge in [0.15, 0.2) is 5.96 Å². The van der Waals surface area contributed by atoms with Crippen LogP contribution < -0.4 is 15.4 Å². The van der Waals surface area contributed by atoms with Gasteiger partial charge in [0.1, 0.15) is 6.10 Å². The predicted molar refractivity (Wildman–Crippen MR) is 106 cm³/mol. The van der Waals surface area contributed by atoms with E-state index in [1.807, 2.05) is 12.1 Å². The fraction of sp³-hybridized carbons (Fsp3) is 0.700. The van der Waals surface area contributed by atoms with Crippen molar-refractivity contribution in [3.05, 3.63) is 23.9 Å². The van der Waals surface area contributed by atoms with Gasteiger partial charge < -0.3 is 15.4 Å². The summed E-state index contributed by atoms with van der Waals surface area (Å²) in [5.41, 5.74) is 1.01. The number of hydrogen-bond donors (Lipinski definition) is 2. The monoisotopic (exact) mass is 413 g/mol. The molecule has 1 aromatic heterocycles. The molecule has 1 saturated heterocycles. The average Bonchev–Trinajstić information content (AvgIpc) is 3.11. The molecule has 29 heavy (non-hydrogen) atoms. The Labute approximate surface area is 169 Å². The number of pyridine rings is 1. The van der Waals surface area contributed by atoms with E-state index in [1.54, 1.807) is 13.2 Å². The zero-order chi connectivity index (χ0) is 20.7. The summed E-state index contributed by atoms with van der Waals surface area (Å²) in [5.74, 6) is 1.22. The van der Waals surface area contributed by atoms with Crippen LogP contribution in [-0.4, -0.2) is 60.8 Å². The molecule has 1 aliphatic heterocycles. The Morgan fingerprint density at radius 1 is 1.28 bits per heavy atom. The van der Waals surface area contributed by atoms with Gasteiger partial charge in [0, 0.05) is 45.0 Å². The molecule has 1 unspecified atom stereocenters. The van der Waals surface area contributed by atoms with Gasteiger partial charge >= 0.3 is 6.18 Å². The van der Waals surface area contributed by atoms with E-state index in [-0.39, 0.29) is 12.1 Å². The quantitative estimate of drug-likeness (QED) is 0.554. The van der Waals surface area contributed by atoms with Crippen LogP contribution in [-0.2, 0) is 6.54 Å². The zero-order valence-electron chi connectivity index (χ0n) is 16.8. The van der Waals surface area contributed by atoms with Gasteiger partial charge in [-0.05, 0) is 43.7 Å². The Morgan fingerprint density at radius 2 is 2.07 bits per heavy atom. The van der Waals surface area contributed by atoms with Gasteiger partial charge in [-0.15, -0.1) is 0 Å². The summed E-state index contributed by atoms with van der Waals surface area (Å²) in [6.45, 7) is 0.454. The first-order valence-corrected chi connectivity index (χ1v) is 10.3. The van der Waals surface area contributed by atoms with Crippen molar-refractivity contribution in [2.45, 2.75) is 63.4 Å². The van der Waals surface area contributed by atoms with E-state index >= 15 is 0 Å². The Morgan fingerprint density at radius 3 is 2.79 bits per heavy atom. The standard InChI is InChI=1S/C20H30F3N5O/c1-24-19(27-16-8-10-28(13-16)14-20(21,22)23)26-12-15-7-9-25-18(11-15)29-17-5-3-2-4-6-17/h7,9,11,16-17H,2-6,8,10,12-14H2,1H3,(H2,24,26,27). The molecule has 1 aromatic rings. The summed E-state index contributed by atoms with van der Waals surface area (Å²) in [4.78, 5) is 9.92. The smallest absolute Gasteiger partial charge is 0.401 e. The predicted octanol–water partition coefficient (Wildman–Crippen LogP) is 3.09. The van der Waals surface area contributed by atoms with Crippen LogP contribution in [0.3, 0.4) is 0 Å². The van der Waals surface area contributed by atoms with Gasteiger partial charge in [0.2, 0.25) is 5.88 Å². The Hall–Kier alpha value is -2.03.